The fraction of sp³-hybridized carbons (Fsp3) is 0.333. The molecule has 326 valence electrons. The van der Waals surface area contributed by atoms with E-state index in [4.69, 9.17) is 18.9 Å². The number of benzene rings is 4. The van der Waals surface area contributed by atoms with E-state index in [0.717, 1.165) is 24.3 Å². The van der Waals surface area contributed by atoms with Crippen molar-refractivity contribution in [1.82, 2.24) is 0 Å². The number of carbonyl (C=O) groups is 4. The summed E-state index contributed by atoms with van der Waals surface area (Å²) in [6, 6.07) is 11.9. The maximum atomic E-state index is 14.7. The Hall–Kier alpha value is -6.04. The summed E-state index contributed by atoms with van der Waals surface area (Å²) in [6.07, 6.45) is -17.7. The summed E-state index contributed by atoms with van der Waals surface area (Å²) < 4.78 is 23.0. The van der Waals surface area contributed by atoms with Gasteiger partial charge in [-0.25, -0.2) is 9.59 Å². The van der Waals surface area contributed by atoms with Crippen LogP contribution in [0.5, 0.6) is 23.0 Å². The Labute approximate surface area is 348 Å². The summed E-state index contributed by atoms with van der Waals surface area (Å²) in [5.74, 6) is -10.1. The van der Waals surface area contributed by atoms with Crippen LogP contribution in [0.4, 0.5) is 0 Å². The third-order valence-corrected chi connectivity index (χ3v) is 11.7. The zero-order valence-electron chi connectivity index (χ0n) is 31.7. The Morgan fingerprint density at radius 3 is 1.23 bits per heavy atom. The molecule has 2 aliphatic heterocycles. The highest BCUT2D eigenvalue weighted by Gasteiger charge is 2.50. The Kier molecular flexibility index (Phi) is 11.0. The molecular formula is C42H38O20. The number of aliphatic hydroxyl groups excluding tert-OH is 8. The molecule has 4 aromatic carbocycles. The van der Waals surface area contributed by atoms with Crippen molar-refractivity contribution in [3.63, 3.8) is 0 Å². The number of phenolic OH excluding ortho intramolecular Hbond substituents is 2. The van der Waals surface area contributed by atoms with Crippen molar-refractivity contribution < 1.29 is 99.4 Å². The fourth-order valence-corrected chi connectivity index (χ4v) is 8.71. The lowest BCUT2D eigenvalue weighted by atomic mass is 9.63. The zero-order chi connectivity index (χ0) is 44.6. The summed E-state index contributed by atoms with van der Waals surface area (Å²) in [4.78, 5) is 54.2. The molecule has 4 aliphatic rings. The lowest BCUT2D eigenvalue weighted by molar-refractivity contribution is -0.277. The Morgan fingerprint density at radius 2 is 0.887 bits per heavy atom. The van der Waals surface area contributed by atoms with E-state index in [9.17, 15) is 80.5 Å². The van der Waals surface area contributed by atoms with Gasteiger partial charge in [-0.1, -0.05) is 24.3 Å². The Morgan fingerprint density at radius 1 is 0.516 bits per heavy atom. The van der Waals surface area contributed by atoms with Gasteiger partial charge in [-0.2, -0.15) is 0 Å². The number of ether oxygens (including phenoxy) is 4. The number of carboxylic acid groups (broad SMARTS) is 2. The molecule has 12 N–H and O–H groups in total. The first-order chi connectivity index (χ1) is 29.5. The van der Waals surface area contributed by atoms with Crippen LogP contribution in [0.25, 0.3) is 0 Å². The molecule has 2 fully saturated rings. The predicted octanol–water partition coefficient (Wildman–Crippen LogP) is -1.10. The topological polar surface area (TPSA) is 348 Å². The SMILES string of the molecule is O=C(O)c1cc(O)c2c(c1)[C@@H]([C@H]1c3cc(C(=O)O)cc(O)c3C(=O)c3c(O[C@@H]4O[C@H](CO)[C@@H](O)[C@H](O)[C@H]4O)cccc31)c1cccc(OC3O[C@H](CO)[C@@H](O)[C@H](O)[C@H]3O)c1C2=O. The van der Waals surface area contributed by atoms with Crippen molar-refractivity contribution in [1.29, 1.82) is 0 Å². The summed E-state index contributed by atoms with van der Waals surface area (Å²) in [5, 5.41) is 126. The first-order valence-electron chi connectivity index (χ1n) is 19.0. The molecule has 2 aliphatic carbocycles. The second-order valence-corrected chi connectivity index (χ2v) is 15.2. The van der Waals surface area contributed by atoms with Crippen molar-refractivity contribution in [2.45, 2.75) is 73.2 Å². The van der Waals surface area contributed by atoms with Crippen LogP contribution in [0.15, 0.2) is 60.7 Å². The molecule has 1 unspecified atom stereocenters. The number of rotatable bonds is 9. The molecular weight excluding hydrogens is 824 g/mol. The Balaban J connectivity index is 1.38. The van der Waals surface area contributed by atoms with E-state index in [-0.39, 0.29) is 44.9 Å². The predicted molar refractivity (Wildman–Crippen MR) is 202 cm³/mol. The van der Waals surface area contributed by atoms with Gasteiger partial charge >= 0.3 is 11.9 Å². The van der Waals surface area contributed by atoms with E-state index >= 15 is 0 Å². The average Bonchev–Trinajstić information content (AvgIpc) is 3.24. The molecule has 0 amide bonds. The van der Waals surface area contributed by atoms with Crippen molar-refractivity contribution in [3.05, 3.63) is 116 Å². The van der Waals surface area contributed by atoms with Gasteiger partial charge in [-0.05, 0) is 58.7 Å². The van der Waals surface area contributed by atoms with Gasteiger partial charge in [0.25, 0.3) is 0 Å². The number of carbonyl (C=O) groups excluding carboxylic acids is 2. The van der Waals surface area contributed by atoms with E-state index in [0.29, 0.717) is 0 Å². The lowest BCUT2D eigenvalue weighted by Gasteiger charge is -2.41. The molecule has 0 radical (unpaired) electrons. The molecule has 12 atom stereocenters. The standard InChI is InChI=1S/C42H38O20/c43-11-23-31(47)35(51)37(53)41(61-23)59-21-5-1-3-15-25(17-7-13(39(55)56)9-19(45)27(17)33(49)29(15)21)26-16-4-2-6-22(60-42-38(54)36(52)32(48)24(12-44)62-42)30(16)34(50)28-18(26)8-14(40(57)58)10-20(28)46/h1-10,23-26,31-32,35-38,41-48,51-54H,11-12H2,(H,55,56)(H,57,58)/t23-,24-,25-,26+,31-,32-,35+,36+,37-,38-,41-,42?/m1/s1. The summed E-state index contributed by atoms with van der Waals surface area (Å²) >= 11 is 0. The van der Waals surface area contributed by atoms with Gasteiger partial charge < -0.3 is 80.2 Å². The van der Waals surface area contributed by atoms with Crippen LogP contribution in [0.1, 0.15) is 86.6 Å². The highest BCUT2D eigenvalue weighted by molar-refractivity contribution is 6.18. The molecule has 20 nitrogen and oxygen atoms in total. The molecule has 20 heteroatoms. The monoisotopic (exact) mass is 862 g/mol. The highest BCUT2D eigenvalue weighted by Crippen LogP contribution is 2.56. The fourth-order valence-electron chi connectivity index (χ4n) is 8.71. The molecule has 0 aromatic heterocycles. The molecule has 8 rings (SSSR count). The third-order valence-electron chi connectivity index (χ3n) is 11.7. The summed E-state index contributed by atoms with van der Waals surface area (Å²) in [5.41, 5.74) is -2.87. The second-order valence-electron chi connectivity index (χ2n) is 15.2. The van der Waals surface area contributed by atoms with Crippen molar-refractivity contribution in [3.8, 4) is 23.0 Å². The summed E-state index contributed by atoms with van der Waals surface area (Å²) in [7, 11) is 0. The minimum absolute atomic E-state index is 0.00301. The molecule has 0 bridgehead atoms. The molecule has 2 saturated heterocycles. The minimum Gasteiger partial charge on any atom is -0.507 e. The van der Waals surface area contributed by atoms with Gasteiger partial charge in [0, 0.05) is 11.8 Å². The highest BCUT2D eigenvalue weighted by atomic mass is 16.7. The third kappa shape index (κ3) is 6.73. The van der Waals surface area contributed by atoms with E-state index in [1.54, 1.807) is 0 Å². The molecule has 62 heavy (non-hydrogen) atoms. The average molecular weight is 863 g/mol. The largest absolute Gasteiger partial charge is 0.507 e. The number of fused-ring (bicyclic) bond motifs is 4. The number of aromatic carboxylic acids is 2. The maximum Gasteiger partial charge on any atom is 0.335 e. The normalized spacial score (nSPS) is 30.1. The Bertz CT molecular complexity index is 2330. The number of aromatic hydroxyl groups is 2. The number of aliphatic hydroxyl groups is 8. The van der Waals surface area contributed by atoms with Crippen LogP contribution in [0.2, 0.25) is 0 Å². The number of ketones is 2. The van der Waals surface area contributed by atoms with Crippen LogP contribution < -0.4 is 9.47 Å². The zero-order valence-corrected chi connectivity index (χ0v) is 31.7. The smallest absolute Gasteiger partial charge is 0.335 e. The van der Waals surface area contributed by atoms with Crippen LogP contribution in [0, 0.1) is 0 Å². The van der Waals surface area contributed by atoms with E-state index in [1.165, 1.54) is 36.4 Å². The van der Waals surface area contributed by atoms with Gasteiger partial charge in [0.2, 0.25) is 24.1 Å². The van der Waals surface area contributed by atoms with Gasteiger partial charge in [0.15, 0.2) is 0 Å². The molecule has 4 aromatic rings. The second kappa shape index (κ2) is 16.0. The van der Waals surface area contributed by atoms with E-state index < -0.39 is 144 Å². The molecule has 2 heterocycles. The van der Waals surface area contributed by atoms with Gasteiger partial charge in [0.05, 0.1) is 46.6 Å². The minimum atomic E-state index is -1.94. The van der Waals surface area contributed by atoms with Crippen molar-refractivity contribution in [2.75, 3.05) is 13.2 Å². The lowest BCUT2D eigenvalue weighted by Crippen LogP contribution is -2.60. The number of phenols is 2. The van der Waals surface area contributed by atoms with Gasteiger partial charge in [-0.15, -0.1) is 0 Å². The van der Waals surface area contributed by atoms with Crippen LogP contribution in [0.3, 0.4) is 0 Å². The van der Waals surface area contributed by atoms with E-state index in [2.05, 4.69) is 0 Å². The molecule has 0 spiro atoms. The van der Waals surface area contributed by atoms with Crippen LogP contribution >= 0.6 is 0 Å². The van der Waals surface area contributed by atoms with Gasteiger partial charge in [0.1, 0.15) is 71.8 Å². The van der Waals surface area contributed by atoms with Crippen molar-refractivity contribution in [2.24, 2.45) is 0 Å². The maximum absolute atomic E-state index is 14.7. The van der Waals surface area contributed by atoms with Crippen molar-refractivity contribution >= 4 is 23.5 Å². The van der Waals surface area contributed by atoms with E-state index in [1.807, 2.05) is 0 Å². The quantitative estimate of drug-likeness (QED) is 0.0950. The number of carboxylic acids is 2. The number of hydrogen-bond acceptors (Lipinski definition) is 18. The number of hydrogen-bond donors (Lipinski definition) is 12. The first-order valence-corrected chi connectivity index (χ1v) is 19.0. The van der Waals surface area contributed by atoms with Crippen LogP contribution in [-0.4, -0.2) is 159 Å². The molecule has 0 saturated carbocycles. The first kappa shape index (κ1) is 42.6. The van der Waals surface area contributed by atoms with Gasteiger partial charge in [-0.3, -0.25) is 9.59 Å². The van der Waals surface area contributed by atoms with Crippen LogP contribution in [-0.2, 0) is 9.47 Å². The summed E-state index contributed by atoms with van der Waals surface area (Å²) in [6.45, 7) is -1.64.